The lowest BCUT2D eigenvalue weighted by Gasteiger charge is -2.31. The van der Waals surface area contributed by atoms with Gasteiger partial charge in [-0.2, -0.15) is 0 Å². The highest BCUT2D eigenvalue weighted by molar-refractivity contribution is 6.01. The van der Waals surface area contributed by atoms with Crippen LogP contribution >= 0.6 is 0 Å². The fraction of sp³-hybridized carbons (Fsp3) is 0.393. The molecule has 0 aromatic heterocycles. The molecule has 0 heterocycles. The van der Waals surface area contributed by atoms with Crippen LogP contribution in [0.2, 0.25) is 0 Å². The highest BCUT2D eigenvalue weighted by Gasteiger charge is 2.41. The molecule has 288 valence electrons. The molecule has 3 atom stereocenters. The Morgan fingerprint density at radius 2 is 1.14 bits per heavy atom. The van der Waals surface area contributed by atoms with E-state index in [2.05, 4.69) is 140 Å². The van der Waals surface area contributed by atoms with Crippen LogP contribution in [0.15, 0.2) is 121 Å². The highest BCUT2D eigenvalue weighted by atomic mass is 15.1. The smallest absolute Gasteiger partial charge is 0.0540 e. The highest BCUT2D eigenvalue weighted by Crippen LogP contribution is 2.56. The van der Waals surface area contributed by atoms with Crippen molar-refractivity contribution in [3.8, 4) is 22.3 Å². The van der Waals surface area contributed by atoms with Gasteiger partial charge in [-0.1, -0.05) is 144 Å². The van der Waals surface area contributed by atoms with E-state index in [0.29, 0.717) is 11.8 Å². The van der Waals surface area contributed by atoms with E-state index in [0.717, 1.165) is 17.8 Å². The summed E-state index contributed by atoms with van der Waals surface area (Å²) in [4.78, 5) is 2.58. The van der Waals surface area contributed by atoms with Crippen LogP contribution in [-0.4, -0.2) is 0 Å². The zero-order valence-electron chi connectivity index (χ0n) is 34.3. The third-order valence-electron chi connectivity index (χ3n) is 15.8. The van der Waals surface area contributed by atoms with Gasteiger partial charge in [0.1, 0.15) is 0 Å². The first-order chi connectivity index (χ1) is 28.0. The second-order valence-electron chi connectivity index (χ2n) is 19.3. The fourth-order valence-corrected chi connectivity index (χ4v) is 12.7. The minimum absolute atomic E-state index is 0.103. The first-order valence-electron chi connectivity index (χ1n) is 22.8. The molecule has 0 spiro atoms. The second kappa shape index (κ2) is 14.3. The Labute approximate surface area is 341 Å². The lowest BCUT2D eigenvalue weighted by molar-refractivity contribution is 0.422. The van der Waals surface area contributed by atoms with Crippen molar-refractivity contribution in [2.45, 2.75) is 127 Å². The number of rotatable bonds is 7. The van der Waals surface area contributed by atoms with Gasteiger partial charge in [-0.15, -0.1) is 0 Å². The zero-order chi connectivity index (χ0) is 38.1. The van der Waals surface area contributed by atoms with Gasteiger partial charge >= 0.3 is 0 Å². The molecule has 0 saturated heterocycles. The SMILES string of the molecule is CC1(C)c2ccc(-c3ccc(C4CCCCC4)cc3)cc2-c2ccc(N(c3ccc(C4CCCCC4)cc3)c3ccc(C4CC5CCC4C5)c4ccccc34)cc21. The van der Waals surface area contributed by atoms with E-state index in [4.69, 9.17) is 0 Å². The molecule has 6 aromatic carbocycles. The summed E-state index contributed by atoms with van der Waals surface area (Å²) in [6.45, 7) is 4.87. The lowest BCUT2D eigenvalue weighted by atomic mass is 9.81. The quantitative estimate of drug-likeness (QED) is 0.157. The topological polar surface area (TPSA) is 3.24 Å². The summed E-state index contributed by atoms with van der Waals surface area (Å²) in [6, 6.07) is 48.2. The molecule has 57 heavy (non-hydrogen) atoms. The molecule has 5 aliphatic rings. The summed E-state index contributed by atoms with van der Waals surface area (Å²) in [5.74, 6) is 3.92. The Morgan fingerprint density at radius 1 is 0.491 bits per heavy atom. The van der Waals surface area contributed by atoms with Gasteiger partial charge in [-0.25, -0.2) is 0 Å². The van der Waals surface area contributed by atoms with Gasteiger partial charge in [-0.05, 0) is 166 Å². The number of nitrogens with zero attached hydrogens (tertiary/aromatic N) is 1. The molecule has 1 nitrogen and oxygen atoms in total. The molecular formula is C56H59N. The summed E-state index contributed by atoms with van der Waals surface area (Å²) in [7, 11) is 0. The molecule has 11 rings (SSSR count). The van der Waals surface area contributed by atoms with Crippen LogP contribution in [0.1, 0.15) is 149 Å². The normalized spacial score (nSPS) is 22.8. The summed E-state index contributed by atoms with van der Waals surface area (Å²) < 4.78 is 0. The van der Waals surface area contributed by atoms with Gasteiger partial charge in [0.2, 0.25) is 0 Å². The third-order valence-corrected chi connectivity index (χ3v) is 15.8. The van der Waals surface area contributed by atoms with Crippen molar-refractivity contribution in [1.29, 1.82) is 0 Å². The van der Waals surface area contributed by atoms with Gasteiger partial charge in [0.25, 0.3) is 0 Å². The Balaban J connectivity index is 0.995. The minimum Gasteiger partial charge on any atom is -0.310 e. The second-order valence-corrected chi connectivity index (χ2v) is 19.3. The summed E-state index contributed by atoms with van der Waals surface area (Å²) >= 11 is 0. The molecule has 6 aromatic rings. The molecule has 0 amide bonds. The number of benzene rings is 6. The number of hydrogen-bond acceptors (Lipinski definition) is 1. The van der Waals surface area contributed by atoms with E-state index < -0.39 is 0 Å². The van der Waals surface area contributed by atoms with Crippen LogP contribution in [0, 0.1) is 11.8 Å². The van der Waals surface area contributed by atoms with Crippen molar-refractivity contribution in [3.05, 3.63) is 149 Å². The van der Waals surface area contributed by atoms with Crippen molar-refractivity contribution >= 4 is 27.8 Å². The molecular weight excluding hydrogens is 687 g/mol. The van der Waals surface area contributed by atoms with Crippen LogP contribution in [0.3, 0.4) is 0 Å². The summed E-state index contributed by atoms with van der Waals surface area (Å²) in [5, 5.41) is 2.82. The first kappa shape index (κ1) is 35.5. The molecule has 0 aliphatic heterocycles. The maximum absolute atomic E-state index is 2.58. The Morgan fingerprint density at radius 3 is 1.81 bits per heavy atom. The molecule has 4 fully saturated rings. The van der Waals surface area contributed by atoms with E-state index in [1.807, 2.05) is 0 Å². The van der Waals surface area contributed by atoms with Crippen LogP contribution < -0.4 is 4.90 Å². The van der Waals surface area contributed by atoms with E-state index in [1.165, 1.54) is 162 Å². The lowest BCUT2D eigenvalue weighted by Crippen LogP contribution is -2.17. The van der Waals surface area contributed by atoms with E-state index in [1.54, 1.807) is 5.56 Å². The van der Waals surface area contributed by atoms with E-state index in [-0.39, 0.29) is 5.41 Å². The average Bonchev–Trinajstić information content (AvgIpc) is 3.97. The van der Waals surface area contributed by atoms with Crippen LogP contribution in [0.25, 0.3) is 33.0 Å². The summed E-state index contributed by atoms with van der Waals surface area (Å²) in [6.07, 6.45) is 19.3. The number of hydrogen-bond donors (Lipinski definition) is 0. The zero-order valence-corrected chi connectivity index (χ0v) is 34.3. The maximum atomic E-state index is 2.58. The number of fused-ring (bicyclic) bond motifs is 6. The average molecular weight is 746 g/mol. The van der Waals surface area contributed by atoms with Gasteiger partial charge < -0.3 is 4.90 Å². The maximum Gasteiger partial charge on any atom is 0.0540 e. The molecule has 5 aliphatic carbocycles. The minimum atomic E-state index is -0.103. The Hall–Kier alpha value is -4.62. The monoisotopic (exact) mass is 745 g/mol. The predicted molar refractivity (Wildman–Crippen MR) is 241 cm³/mol. The summed E-state index contributed by atoms with van der Waals surface area (Å²) in [5.41, 5.74) is 16.6. The van der Waals surface area contributed by atoms with Crippen molar-refractivity contribution in [1.82, 2.24) is 0 Å². The predicted octanol–water partition coefficient (Wildman–Crippen LogP) is 16.3. The molecule has 3 unspecified atom stereocenters. The van der Waals surface area contributed by atoms with Gasteiger partial charge in [-0.3, -0.25) is 0 Å². The Bertz CT molecular complexity index is 2420. The van der Waals surface area contributed by atoms with Crippen molar-refractivity contribution in [2.75, 3.05) is 4.90 Å². The largest absolute Gasteiger partial charge is 0.310 e. The van der Waals surface area contributed by atoms with Crippen molar-refractivity contribution in [3.63, 3.8) is 0 Å². The first-order valence-corrected chi connectivity index (χ1v) is 22.8. The standard InChI is InChI=1S/C56H59N/c1-56(2)53-31-25-43(42-21-19-40(20-22-42)38-11-5-3-6-12-38)35-52(53)49-29-28-46(36-54(49)56)57(45-26-23-41(24-27-45)39-13-7-4-8-14-39)55-32-30-48(47-15-9-10-16-50(47)55)51-34-37-17-18-44(51)33-37/h9-10,15-16,19-32,35-39,44,51H,3-8,11-14,17-18,33-34H2,1-2H3. The van der Waals surface area contributed by atoms with Crippen LogP contribution in [0.4, 0.5) is 17.1 Å². The van der Waals surface area contributed by atoms with E-state index in [9.17, 15) is 0 Å². The molecule has 4 saturated carbocycles. The van der Waals surface area contributed by atoms with Crippen LogP contribution in [-0.2, 0) is 5.41 Å². The Kier molecular flexibility index (Phi) is 8.94. The van der Waals surface area contributed by atoms with E-state index >= 15 is 0 Å². The fourth-order valence-electron chi connectivity index (χ4n) is 12.7. The third kappa shape index (κ3) is 6.18. The van der Waals surface area contributed by atoms with Gasteiger partial charge in [0.05, 0.1) is 5.69 Å². The van der Waals surface area contributed by atoms with Crippen molar-refractivity contribution in [2.24, 2.45) is 11.8 Å². The molecule has 0 N–H and O–H groups in total. The van der Waals surface area contributed by atoms with Gasteiger partial charge in [0.15, 0.2) is 0 Å². The van der Waals surface area contributed by atoms with Gasteiger partial charge in [0, 0.05) is 22.2 Å². The molecule has 0 radical (unpaired) electrons. The molecule has 1 heteroatoms. The number of anilines is 3. The molecule has 2 bridgehead atoms. The van der Waals surface area contributed by atoms with Crippen molar-refractivity contribution < 1.29 is 0 Å². The van der Waals surface area contributed by atoms with Crippen LogP contribution in [0.5, 0.6) is 0 Å².